The molecule has 3 rings (SSSR count). The van der Waals surface area contributed by atoms with Crippen LogP contribution >= 0.6 is 0 Å². The van der Waals surface area contributed by atoms with Crippen LogP contribution in [0.15, 0.2) is 46.8 Å². The van der Waals surface area contributed by atoms with E-state index in [-0.39, 0.29) is 28.7 Å². The Bertz CT molecular complexity index is 928. The van der Waals surface area contributed by atoms with Crippen molar-refractivity contribution in [2.75, 3.05) is 5.32 Å². The average molecular weight is 353 g/mol. The Morgan fingerprint density at radius 3 is 2.38 bits per heavy atom. The third-order valence-electron chi connectivity index (χ3n) is 5.51. The van der Waals surface area contributed by atoms with Crippen LogP contribution < -0.4 is 10.9 Å². The summed E-state index contributed by atoms with van der Waals surface area (Å²) in [7, 11) is 1.83. The quantitative estimate of drug-likeness (QED) is 0.853. The molecule has 1 aromatic carbocycles. The number of carbonyl (C=O) groups is 1. The van der Waals surface area contributed by atoms with E-state index in [4.69, 9.17) is 0 Å². The van der Waals surface area contributed by atoms with E-state index in [0.717, 1.165) is 11.4 Å². The predicted octanol–water partition coefficient (Wildman–Crippen LogP) is 3.66. The van der Waals surface area contributed by atoms with Gasteiger partial charge < -0.3 is 5.32 Å². The van der Waals surface area contributed by atoms with Crippen molar-refractivity contribution in [2.45, 2.75) is 34.6 Å². The Morgan fingerprint density at radius 1 is 1.19 bits per heavy atom. The van der Waals surface area contributed by atoms with Crippen LogP contribution in [-0.4, -0.2) is 15.3 Å². The van der Waals surface area contributed by atoms with E-state index in [1.807, 2.05) is 58.2 Å². The molecule has 1 saturated carbocycles. The summed E-state index contributed by atoms with van der Waals surface area (Å²) in [4.78, 5) is 25.8. The Kier molecular flexibility index (Phi) is 4.42. The maximum Gasteiger partial charge on any atom is 0.295 e. The maximum atomic E-state index is 12.9. The molecule has 1 aliphatic rings. The van der Waals surface area contributed by atoms with E-state index in [1.165, 1.54) is 5.57 Å². The van der Waals surface area contributed by atoms with Crippen molar-refractivity contribution in [3.63, 3.8) is 0 Å². The Balaban J connectivity index is 1.92. The standard InChI is InChI=1S/C21H27N3O2/c1-13(2)12-16-17(21(16,4)5)19(25)22-18-14(3)23(6)24(20(18)26)15-10-8-7-9-11-15/h7-12,16-17H,1-6H3,(H,22,25)/t16-,17+/m0/s1. The zero-order chi connectivity index (χ0) is 19.2. The number of benzene rings is 1. The average Bonchev–Trinajstić information content (AvgIpc) is 3.04. The molecule has 0 bridgehead atoms. The molecule has 1 fully saturated rings. The smallest absolute Gasteiger partial charge is 0.295 e. The number of amides is 1. The summed E-state index contributed by atoms with van der Waals surface area (Å²) in [5.41, 5.74) is 2.80. The topological polar surface area (TPSA) is 56.0 Å². The molecule has 26 heavy (non-hydrogen) atoms. The van der Waals surface area contributed by atoms with E-state index in [1.54, 1.807) is 9.36 Å². The number of allylic oxidation sites excluding steroid dienone is 2. The predicted molar refractivity (Wildman–Crippen MR) is 105 cm³/mol. The molecule has 0 saturated heterocycles. The summed E-state index contributed by atoms with van der Waals surface area (Å²) >= 11 is 0. The van der Waals surface area contributed by atoms with E-state index in [0.29, 0.717) is 5.69 Å². The third-order valence-corrected chi connectivity index (χ3v) is 5.51. The van der Waals surface area contributed by atoms with Crippen molar-refractivity contribution < 1.29 is 4.79 Å². The van der Waals surface area contributed by atoms with Gasteiger partial charge in [-0.05, 0) is 44.2 Å². The zero-order valence-electron chi connectivity index (χ0n) is 16.3. The van der Waals surface area contributed by atoms with Crippen LogP contribution in [0.1, 0.15) is 33.4 Å². The molecule has 5 nitrogen and oxygen atoms in total. The second-order valence-corrected chi connectivity index (χ2v) is 7.99. The fourth-order valence-corrected chi connectivity index (χ4v) is 3.76. The third kappa shape index (κ3) is 2.91. The molecule has 1 aliphatic carbocycles. The van der Waals surface area contributed by atoms with Gasteiger partial charge in [0.1, 0.15) is 5.69 Å². The molecule has 0 aliphatic heterocycles. The lowest BCUT2D eigenvalue weighted by Gasteiger charge is -2.07. The number of nitrogens with zero attached hydrogens (tertiary/aromatic N) is 2. The van der Waals surface area contributed by atoms with Gasteiger partial charge in [-0.1, -0.05) is 43.7 Å². The number of hydrogen-bond donors (Lipinski definition) is 1. The number of nitrogens with one attached hydrogen (secondary N) is 1. The van der Waals surface area contributed by atoms with E-state index in [9.17, 15) is 9.59 Å². The van der Waals surface area contributed by atoms with Gasteiger partial charge in [0.05, 0.1) is 17.3 Å². The Hall–Kier alpha value is -2.56. The summed E-state index contributed by atoms with van der Waals surface area (Å²) in [6.07, 6.45) is 2.16. The highest BCUT2D eigenvalue weighted by Crippen LogP contribution is 2.59. The summed E-state index contributed by atoms with van der Waals surface area (Å²) < 4.78 is 3.36. The largest absolute Gasteiger partial charge is 0.320 e. The first-order chi connectivity index (χ1) is 12.2. The van der Waals surface area contributed by atoms with Crippen LogP contribution in [0.2, 0.25) is 0 Å². The highest BCUT2D eigenvalue weighted by Gasteiger charge is 2.60. The number of anilines is 1. The normalized spacial score (nSPS) is 20.5. The van der Waals surface area contributed by atoms with Gasteiger partial charge in [0, 0.05) is 7.05 Å². The van der Waals surface area contributed by atoms with Gasteiger partial charge in [-0.25, -0.2) is 4.68 Å². The maximum absolute atomic E-state index is 12.9. The van der Waals surface area contributed by atoms with Crippen LogP contribution in [0.3, 0.4) is 0 Å². The molecule has 1 amide bonds. The lowest BCUT2D eigenvalue weighted by Crippen LogP contribution is -2.24. The Morgan fingerprint density at radius 2 is 1.81 bits per heavy atom. The second-order valence-electron chi connectivity index (χ2n) is 7.99. The van der Waals surface area contributed by atoms with Crippen molar-refractivity contribution in [1.29, 1.82) is 0 Å². The first-order valence-electron chi connectivity index (χ1n) is 8.96. The van der Waals surface area contributed by atoms with E-state index < -0.39 is 0 Å². The SMILES string of the molecule is CC(C)=C[C@H]1[C@H](C(=O)Nc2c(C)n(C)n(-c3ccccc3)c2=O)C1(C)C. The van der Waals surface area contributed by atoms with Gasteiger partial charge in [0.2, 0.25) is 5.91 Å². The minimum absolute atomic E-state index is 0.0801. The fourth-order valence-electron chi connectivity index (χ4n) is 3.76. The van der Waals surface area contributed by atoms with Crippen LogP contribution in [-0.2, 0) is 11.8 Å². The van der Waals surface area contributed by atoms with Crippen molar-refractivity contribution in [2.24, 2.45) is 24.3 Å². The minimum Gasteiger partial charge on any atom is -0.320 e. The second kappa shape index (κ2) is 6.31. The monoisotopic (exact) mass is 353 g/mol. The summed E-state index contributed by atoms with van der Waals surface area (Å²) in [5.74, 6) is 0.0259. The van der Waals surface area contributed by atoms with Crippen molar-refractivity contribution in [3.8, 4) is 5.69 Å². The molecule has 0 unspecified atom stereocenters. The summed E-state index contributed by atoms with van der Waals surface area (Å²) in [5, 5.41) is 2.91. The van der Waals surface area contributed by atoms with Gasteiger partial charge in [0.25, 0.3) is 5.56 Å². The van der Waals surface area contributed by atoms with E-state index >= 15 is 0 Å². The van der Waals surface area contributed by atoms with E-state index in [2.05, 4.69) is 25.2 Å². The number of para-hydroxylation sites is 1. The summed E-state index contributed by atoms with van der Waals surface area (Å²) in [6, 6.07) is 9.44. The number of aromatic nitrogens is 2. The van der Waals surface area contributed by atoms with Gasteiger partial charge in [0.15, 0.2) is 0 Å². The van der Waals surface area contributed by atoms with Crippen LogP contribution in [0.4, 0.5) is 5.69 Å². The molecular weight excluding hydrogens is 326 g/mol. The molecule has 2 atom stereocenters. The molecule has 138 valence electrons. The molecule has 2 aromatic rings. The van der Waals surface area contributed by atoms with Gasteiger partial charge in [-0.3, -0.25) is 14.3 Å². The molecule has 1 aromatic heterocycles. The minimum atomic E-state index is -0.207. The molecule has 0 radical (unpaired) electrons. The van der Waals surface area contributed by atoms with Gasteiger partial charge in [-0.15, -0.1) is 0 Å². The lowest BCUT2D eigenvalue weighted by molar-refractivity contribution is -0.118. The first kappa shape index (κ1) is 18.2. The van der Waals surface area contributed by atoms with Crippen LogP contribution in [0.25, 0.3) is 5.69 Å². The van der Waals surface area contributed by atoms with Gasteiger partial charge >= 0.3 is 0 Å². The van der Waals surface area contributed by atoms with Crippen molar-refractivity contribution in [3.05, 3.63) is 58.0 Å². The zero-order valence-corrected chi connectivity index (χ0v) is 16.3. The highest BCUT2D eigenvalue weighted by molar-refractivity contribution is 5.96. The Labute approximate surface area is 154 Å². The van der Waals surface area contributed by atoms with Gasteiger partial charge in [-0.2, -0.15) is 0 Å². The number of carbonyl (C=O) groups excluding carboxylic acids is 1. The molecule has 1 N–H and O–H groups in total. The number of hydrogen-bond acceptors (Lipinski definition) is 2. The van der Waals surface area contributed by atoms with Crippen molar-refractivity contribution in [1.82, 2.24) is 9.36 Å². The lowest BCUT2D eigenvalue weighted by atomic mass is 10.1. The summed E-state index contributed by atoms with van der Waals surface area (Å²) in [6.45, 7) is 10.1. The van der Waals surface area contributed by atoms with Crippen molar-refractivity contribution >= 4 is 11.6 Å². The fraction of sp³-hybridized carbons (Fsp3) is 0.429. The molecule has 0 spiro atoms. The van der Waals surface area contributed by atoms with Crippen LogP contribution in [0, 0.1) is 24.2 Å². The molecular formula is C21H27N3O2. The molecule has 5 heteroatoms. The highest BCUT2D eigenvalue weighted by atomic mass is 16.2. The number of rotatable bonds is 4. The molecule has 1 heterocycles. The van der Waals surface area contributed by atoms with Crippen LogP contribution in [0.5, 0.6) is 0 Å². The first-order valence-corrected chi connectivity index (χ1v) is 8.96.